The van der Waals surface area contributed by atoms with Crippen molar-refractivity contribution in [2.24, 2.45) is 0 Å². The Labute approximate surface area is 156 Å². The van der Waals surface area contributed by atoms with Crippen molar-refractivity contribution in [3.05, 3.63) is 30.6 Å². The summed E-state index contributed by atoms with van der Waals surface area (Å²) in [7, 11) is 0. The van der Waals surface area contributed by atoms with E-state index in [1.807, 2.05) is 18.2 Å². The van der Waals surface area contributed by atoms with E-state index in [1.165, 1.54) is 96.3 Å². The number of rotatable bonds is 15. The van der Waals surface area contributed by atoms with Gasteiger partial charge in [0.05, 0.1) is 0 Å². The summed E-state index contributed by atoms with van der Waals surface area (Å²) in [5.41, 5.74) is 0. The van der Waals surface area contributed by atoms with Crippen LogP contribution in [0.1, 0.15) is 103 Å². The van der Waals surface area contributed by atoms with E-state index in [0.29, 0.717) is 0 Å². The monoisotopic (exact) mass is 353 g/mol. The molecule has 0 saturated heterocycles. The smallest absolute Gasteiger partial charge is 0.0267 e. The molecule has 0 spiro atoms. The first-order valence-corrected chi connectivity index (χ1v) is 10.9. The van der Waals surface area contributed by atoms with Gasteiger partial charge in [0.25, 0.3) is 0 Å². The second-order valence-electron chi connectivity index (χ2n) is 6.66. The Kier molecular flexibility index (Phi) is 21.9. The molecule has 0 aliphatic heterocycles. The van der Waals surface area contributed by atoms with Crippen LogP contribution in [0.4, 0.5) is 0 Å². The predicted molar refractivity (Wildman–Crippen MR) is 110 cm³/mol. The molecule has 1 aromatic heterocycles. The third-order valence-electron chi connectivity index (χ3n) is 4.30. The lowest BCUT2D eigenvalue weighted by Crippen LogP contribution is -1.83. The maximum atomic E-state index is 5.65. The van der Waals surface area contributed by atoms with Crippen LogP contribution < -0.4 is 0 Å². The molecule has 24 heavy (non-hydrogen) atoms. The van der Waals surface area contributed by atoms with Crippen molar-refractivity contribution in [3.8, 4) is 0 Å². The van der Waals surface area contributed by atoms with Crippen LogP contribution in [-0.4, -0.2) is 10.9 Å². The normalized spacial score (nSPS) is 10.2. The molecule has 2 heteroatoms. The average Bonchev–Trinajstić information content (AvgIpc) is 2.64. The van der Waals surface area contributed by atoms with Crippen LogP contribution in [0.2, 0.25) is 0 Å². The van der Waals surface area contributed by atoms with Gasteiger partial charge in [-0.25, -0.2) is 0 Å². The Morgan fingerprint density at radius 3 is 1.17 bits per heavy atom. The first kappa shape index (κ1) is 23.4. The van der Waals surface area contributed by atoms with Crippen molar-refractivity contribution in [2.45, 2.75) is 103 Å². The summed E-state index contributed by atoms with van der Waals surface area (Å²) >= 11 is 5.65. The minimum Gasteiger partial charge on any atom is -0.265 e. The Balaban J connectivity index is 0.000000728. The first-order chi connectivity index (χ1) is 11.9. The highest BCUT2D eigenvalue weighted by molar-refractivity contribution is 6.17. The quantitative estimate of drug-likeness (QED) is 0.229. The zero-order chi connectivity index (χ0) is 17.6. The van der Waals surface area contributed by atoms with Gasteiger partial charge in [-0.1, -0.05) is 103 Å². The largest absolute Gasteiger partial charge is 0.265 e. The minimum atomic E-state index is 0.845. The van der Waals surface area contributed by atoms with Gasteiger partial charge in [-0.3, -0.25) is 4.98 Å². The molecule has 0 amide bonds. The Morgan fingerprint density at radius 1 is 0.542 bits per heavy atom. The summed E-state index contributed by atoms with van der Waals surface area (Å²) in [6.07, 6.45) is 24.8. The van der Waals surface area contributed by atoms with Gasteiger partial charge in [0.15, 0.2) is 0 Å². The number of nitrogens with zero attached hydrogens (tertiary/aromatic N) is 1. The number of alkyl halides is 1. The van der Waals surface area contributed by atoms with E-state index in [9.17, 15) is 0 Å². The molecule has 1 aromatic rings. The maximum absolute atomic E-state index is 5.65. The number of unbranched alkanes of at least 4 members (excludes halogenated alkanes) is 14. The van der Waals surface area contributed by atoms with Crippen LogP contribution in [0.25, 0.3) is 0 Å². The van der Waals surface area contributed by atoms with E-state index < -0.39 is 0 Å². The molecule has 0 unspecified atom stereocenters. The highest BCUT2D eigenvalue weighted by atomic mass is 35.5. The molecule has 0 atom stereocenters. The average molecular weight is 354 g/mol. The molecule has 0 saturated carbocycles. The van der Waals surface area contributed by atoms with Crippen LogP contribution in [-0.2, 0) is 0 Å². The predicted octanol–water partition coefficient (Wildman–Crippen LogP) is 8.18. The fourth-order valence-electron chi connectivity index (χ4n) is 2.78. The third-order valence-corrected chi connectivity index (χ3v) is 4.57. The summed E-state index contributed by atoms with van der Waals surface area (Å²) in [5.74, 6) is 0.845. The second kappa shape index (κ2) is 22.4. The molecule has 1 rings (SSSR count). The molecular formula is C22H40ClN. The molecule has 1 nitrogen and oxygen atoms in total. The summed E-state index contributed by atoms with van der Waals surface area (Å²) in [4.78, 5) is 3.78. The fourth-order valence-corrected chi connectivity index (χ4v) is 2.97. The molecule has 0 radical (unpaired) electrons. The SMILES string of the molecule is CCCCCCCCCCCCCCCCCCl.c1ccncc1. The second-order valence-corrected chi connectivity index (χ2v) is 7.04. The van der Waals surface area contributed by atoms with Gasteiger partial charge in [-0.05, 0) is 18.6 Å². The third kappa shape index (κ3) is 21.4. The molecule has 0 aromatic carbocycles. The van der Waals surface area contributed by atoms with Gasteiger partial charge >= 0.3 is 0 Å². The lowest BCUT2D eigenvalue weighted by molar-refractivity contribution is 0.535. The van der Waals surface area contributed by atoms with Crippen molar-refractivity contribution in [2.75, 3.05) is 5.88 Å². The molecule has 0 bridgehead atoms. The molecule has 0 N–H and O–H groups in total. The van der Waals surface area contributed by atoms with Crippen molar-refractivity contribution in [3.63, 3.8) is 0 Å². The molecular weight excluding hydrogens is 314 g/mol. The van der Waals surface area contributed by atoms with Gasteiger partial charge in [-0.15, -0.1) is 11.6 Å². The Bertz CT molecular complexity index is 259. The maximum Gasteiger partial charge on any atom is 0.0267 e. The Hall–Kier alpha value is -0.560. The Morgan fingerprint density at radius 2 is 0.917 bits per heavy atom. The fraction of sp³-hybridized carbons (Fsp3) is 0.773. The standard InChI is InChI=1S/C17H35Cl.C5H5N/c1-2-3-4-5-6-7-8-9-10-11-12-13-14-15-16-17-18;1-2-4-6-5-3-1/h2-17H2,1H3;1-5H. The van der Waals surface area contributed by atoms with Gasteiger partial charge in [0, 0.05) is 18.3 Å². The van der Waals surface area contributed by atoms with Gasteiger partial charge in [0.1, 0.15) is 0 Å². The summed E-state index contributed by atoms with van der Waals surface area (Å²) in [5, 5.41) is 0. The lowest BCUT2D eigenvalue weighted by Gasteiger charge is -2.02. The zero-order valence-electron chi connectivity index (χ0n) is 16.0. The molecule has 1 heterocycles. The van der Waals surface area contributed by atoms with Crippen LogP contribution in [0.3, 0.4) is 0 Å². The van der Waals surface area contributed by atoms with Crippen LogP contribution in [0, 0.1) is 0 Å². The van der Waals surface area contributed by atoms with E-state index in [1.54, 1.807) is 12.4 Å². The van der Waals surface area contributed by atoms with E-state index in [4.69, 9.17) is 11.6 Å². The minimum absolute atomic E-state index is 0.845. The number of halogens is 1. The van der Waals surface area contributed by atoms with Gasteiger partial charge < -0.3 is 0 Å². The summed E-state index contributed by atoms with van der Waals surface area (Å²) < 4.78 is 0. The number of hydrogen-bond acceptors (Lipinski definition) is 1. The van der Waals surface area contributed by atoms with Gasteiger partial charge in [0.2, 0.25) is 0 Å². The molecule has 0 fully saturated rings. The van der Waals surface area contributed by atoms with Gasteiger partial charge in [-0.2, -0.15) is 0 Å². The first-order valence-electron chi connectivity index (χ1n) is 10.3. The number of pyridine rings is 1. The van der Waals surface area contributed by atoms with Crippen molar-refractivity contribution < 1.29 is 0 Å². The van der Waals surface area contributed by atoms with E-state index in [0.717, 1.165) is 5.88 Å². The summed E-state index contributed by atoms with van der Waals surface area (Å²) in [6.45, 7) is 2.29. The lowest BCUT2D eigenvalue weighted by atomic mass is 10.0. The van der Waals surface area contributed by atoms with Crippen LogP contribution >= 0.6 is 11.6 Å². The van der Waals surface area contributed by atoms with Crippen LogP contribution in [0.15, 0.2) is 30.6 Å². The van der Waals surface area contributed by atoms with E-state index in [2.05, 4.69) is 11.9 Å². The van der Waals surface area contributed by atoms with E-state index >= 15 is 0 Å². The molecule has 0 aliphatic carbocycles. The van der Waals surface area contributed by atoms with Crippen molar-refractivity contribution in [1.29, 1.82) is 0 Å². The highest BCUT2D eigenvalue weighted by Gasteiger charge is 1.93. The van der Waals surface area contributed by atoms with Crippen molar-refractivity contribution in [1.82, 2.24) is 4.98 Å². The number of hydrogen-bond donors (Lipinski definition) is 0. The van der Waals surface area contributed by atoms with Crippen LogP contribution in [0.5, 0.6) is 0 Å². The summed E-state index contributed by atoms with van der Waals surface area (Å²) in [6, 6.07) is 5.72. The van der Waals surface area contributed by atoms with Crippen molar-refractivity contribution >= 4 is 11.6 Å². The number of aromatic nitrogens is 1. The highest BCUT2D eigenvalue weighted by Crippen LogP contribution is 2.13. The molecule has 0 aliphatic rings. The zero-order valence-corrected chi connectivity index (χ0v) is 16.8. The topological polar surface area (TPSA) is 12.9 Å². The molecule has 140 valence electrons. The van der Waals surface area contributed by atoms with E-state index in [-0.39, 0.29) is 0 Å².